The first-order valence-corrected chi connectivity index (χ1v) is 6.04. The Morgan fingerprint density at radius 2 is 2.56 bits per heavy atom. The number of carbonyl (C=O) groups is 1. The molecule has 2 heterocycles. The number of carboxylic acid groups (broad SMARTS) is 1. The second kappa shape index (κ2) is 4.80. The normalized spacial score (nSPS) is 21.8. The molecule has 16 heavy (non-hydrogen) atoms. The molecule has 0 saturated carbocycles. The van der Waals surface area contributed by atoms with E-state index in [-0.39, 0.29) is 11.0 Å². The van der Waals surface area contributed by atoms with Crippen molar-refractivity contribution in [3.8, 4) is 0 Å². The molecule has 0 bridgehead atoms. The summed E-state index contributed by atoms with van der Waals surface area (Å²) in [6, 6.07) is 0. The Morgan fingerprint density at radius 3 is 3.25 bits per heavy atom. The van der Waals surface area contributed by atoms with Gasteiger partial charge in [-0.1, -0.05) is 11.3 Å². The number of carboxylic acids is 1. The summed E-state index contributed by atoms with van der Waals surface area (Å²) >= 11 is 1.22. The van der Waals surface area contributed by atoms with Gasteiger partial charge in [-0.15, -0.1) is 0 Å². The van der Waals surface area contributed by atoms with Crippen LogP contribution in [-0.2, 0) is 4.74 Å². The van der Waals surface area contributed by atoms with Crippen molar-refractivity contribution in [2.75, 3.05) is 24.6 Å². The molecule has 1 fully saturated rings. The van der Waals surface area contributed by atoms with Crippen LogP contribution in [0.1, 0.15) is 23.0 Å². The molecule has 1 saturated heterocycles. The zero-order valence-electron chi connectivity index (χ0n) is 9.05. The number of anilines is 1. The van der Waals surface area contributed by atoms with Crippen LogP contribution in [0.3, 0.4) is 0 Å². The van der Waals surface area contributed by atoms with Gasteiger partial charge < -0.3 is 14.7 Å². The first-order valence-electron chi connectivity index (χ1n) is 5.22. The predicted molar refractivity (Wildman–Crippen MR) is 61.3 cm³/mol. The number of nitrogens with zero attached hydrogens (tertiary/aromatic N) is 2. The Labute approximate surface area is 97.7 Å². The van der Waals surface area contributed by atoms with Gasteiger partial charge in [0.15, 0.2) is 5.13 Å². The lowest BCUT2D eigenvalue weighted by Crippen LogP contribution is -2.29. The molecule has 0 spiro atoms. The molecule has 0 amide bonds. The van der Waals surface area contributed by atoms with Gasteiger partial charge in [0.05, 0.1) is 12.3 Å². The van der Waals surface area contributed by atoms with E-state index in [0.29, 0.717) is 0 Å². The van der Waals surface area contributed by atoms with Gasteiger partial charge in [-0.25, -0.2) is 9.78 Å². The Kier molecular flexibility index (Phi) is 3.40. The fraction of sp³-hybridized carbons (Fsp3) is 0.600. The quantitative estimate of drug-likeness (QED) is 0.850. The summed E-state index contributed by atoms with van der Waals surface area (Å²) < 4.78 is 5.53. The smallest absolute Gasteiger partial charge is 0.347 e. The topological polar surface area (TPSA) is 62.7 Å². The number of ether oxygens (including phenoxy) is 1. The molecule has 0 aliphatic carbocycles. The lowest BCUT2D eigenvalue weighted by atomic mass is 10.4. The zero-order valence-corrected chi connectivity index (χ0v) is 9.87. The first kappa shape index (κ1) is 11.3. The van der Waals surface area contributed by atoms with E-state index in [1.165, 1.54) is 17.5 Å². The summed E-state index contributed by atoms with van der Waals surface area (Å²) in [6.45, 7) is 4.42. The highest BCUT2D eigenvalue weighted by Gasteiger charge is 2.19. The van der Waals surface area contributed by atoms with Crippen LogP contribution in [0, 0.1) is 0 Å². The Morgan fingerprint density at radius 1 is 1.75 bits per heavy atom. The fourth-order valence-electron chi connectivity index (χ4n) is 1.68. The summed E-state index contributed by atoms with van der Waals surface area (Å²) in [5.74, 6) is -0.914. The van der Waals surface area contributed by atoms with Crippen molar-refractivity contribution in [3.05, 3.63) is 11.1 Å². The lowest BCUT2D eigenvalue weighted by Gasteiger charge is -2.20. The molecule has 0 aromatic carbocycles. The van der Waals surface area contributed by atoms with Crippen molar-refractivity contribution in [2.45, 2.75) is 19.4 Å². The second-order valence-corrected chi connectivity index (χ2v) is 4.80. The molecule has 1 aromatic rings. The van der Waals surface area contributed by atoms with Crippen LogP contribution in [0.5, 0.6) is 0 Å². The number of thiazole rings is 1. The predicted octanol–water partition coefficient (Wildman–Crippen LogP) is 1.46. The molecule has 6 heteroatoms. The summed E-state index contributed by atoms with van der Waals surface area (Å²) in [5, 5.41) is 9.60. The number of hydrogen-bond acceptors (Lipinski definition) is 5. The maximum Gasteiger partial charge on any atom is 0.347 e. The van der Waals surface area contributed by atoms with E-state index in [1.54, 1.807) is 0 Å². The largest absolute Gasteiger partial charge is 0.477 e. The van der Waals surface area contributed by atoms with Crippen LogP contribution >= 0.6 is 11.3 Å². The monoisotopic (exact) mass is 242 g/mol. The molecule has 1 unspecified atom stereocenters. The molecule has 1 aliphatic heterocycles. The highest BCUT2D eigenvalue weighted by atomic mass is 32.1. The van der Waals surface area contributed by atoms with Gasteiger partial charge in [0.1, 0.15) is 4.88 Å². The van der Waals surface area contributed by atoms with Gasteiger partial charge in [-0.2, -0.15) is 0 Å². The van der Waals surface area contributed by atoms with E-state index >= 15 is 0 Å². The lowest BCUT2D eigenvalue weighted by molar-refractivity contribution is 0.0702. The van der Waals surface area contributed by atoms with E-state index in [9.17, 15) is 4.79 Å². The summed E-state index contributed by atoms with van der Waals surface area (Å²) in [5.41, 5.74) is 0. The van der Waals surface area contributed by atoms with E-state index in [1.807, 2.05) is 6.92 Å². The van der Waals surface area contributed by atoms with Crippen molar-refractivity contribution < 1.29 is 14.6 Å². The number of aromatic nitrogens is 1. The molecule has 5 nitrogen and oxygen atoms in total. The van der Waals surface area contributed by atoms with Crippen molar-refractivity contribution >= 4 is 22.4 Å². The molecular formula is C10H14N2O3S. The van der Waals surface area contributed by atoms with E-state index in [0.717, 1.165) is 31.2 Å². The standard InChI is InChI=1S/C10H14N2O3S/c1-7-6-12(3-2-4-15-7)10-11-5-8(16-10)9(13)14/h5,7H,2-4,6H2,1H3,(H,13,14). The van der Waals surface area contributed by atoms with Gasteiger partial charge in [0.25, 0.3) is 0 Å². The average molecular weight is 242 g/mol. The highest BCUT2D eigenvalue weighted by molar-refractivity contribution is 7.17. The van der Waals surface area contributed by atoms with E-state index < -0.39 is 5.97 Å². The third kappa shape index (κ3) is 2.51. The van der Waals surface area contributed by atoms with Gasteiger partial charge in [-0.3, -0.25) is 0 Å². The zero-order chi connectivity index (χ0) is 11.5. The Bertz CT molecular complexity index is 380. The van der Waals surface area contributed by atoms with Crippen molar-refractivity contribution in [1.29, 1.82) is 0 Å². The van der Waals surface area contributed by atoms with Gasteiger partial charge in [0, 0.05) is 19.7 Å². The molecule has 1 aromatic heterocycles. The van der Waals surface area contributed by atoms with Crippen LogP contribution in [0.25, 0.3) is 0 Å². The average Bonchev–Trinajstić information content (AvgIpc) is 2.63. The Balaban J connectivity index is 2.12. The molecule has 0 radical (unpaired) electrons. The summed E-state index contributed by atoms with van der Waals surface area (Å²) in [7, 11) is 0. The second-order valence-electron chi connectivity index (χ2n) is 3.79. The molecule has 1 aliphatic rings. The molecule has 1 atom stereocenters. The molecule has 1 N–H and O–H groups in total. The van der Waals surface area contributed by atoms with Crippen molar-refractivity contribution in [1.82, 2.24) is 4.98 Å². The summed E-state index contributed by atoms with van der Waals surface area (Å²) in [6.07, 6.45) is 2.53. The minimum Gasteiger partial charge on any atom is -0.477 e. The Hall–Kier alpha value is -1.14. The molecular weight excluding hydrogens is 228 g/mol. The number of hydrogen-bond donors (Lipinski definition) is 1. The minimum atomic E-state index is -0.914. The summed E-state index contributed by atoms with van der Waals surface area (Å²) in [4.78, 5) is 17.3. The van der Waals surface area contributed by atoms with Crippen LogP contribution in [-0.4, -0.2) is 41.9 Å². The third-order valence-electron chi connectivity index (χ3n) is 2.43. The minimum absolute atomic E-state index is 0.166. The molecule has 2 rings (SSSR count). The highest BCUT2D eigenvalue weighted by Crippen LogP contribution is 2.24. The van der Waals surface area contributed by atoms with Crippen LogP contribution in [0.2, 0.25) is 0 Å². The van der Waals surface area contributed by atoms with Gasteiger partial charge in [0.2, 0.25) is 0 Å². The SMILES string of the molecule is CC1CN(c2ncc(C(=O)O)s2)CCCO1. The van der Waals surface area contributed by atoms with Crippen molar-refractivity contribution in [2.24, 2.45) is 0 Å². The molecule has 88 valence electrons. The fourth-order valence-corrected chi connectivity index (χ4v) is 2.47. The number of rotatable bonds is 2. The van der Waals surface area contributed by atoms with Crippen molar-refractivity contribution in [3.63, 3.8) is 0 Å². The van der Waals surface area contributed by atoms with E-state index in [2.05, 4.69) is 9.88 Å². The number of aromatic carboxylic acids is 1. The van der Waals surface area contributed by atoms with Gasteiger partial charge in [-0.05, 0) is 13.3 Å². The van der Waals surface area contributed by atoms with E-state index in [4.69, 9.17) is 9.84 Å². The van der Waals surface area contributed by atoms with Crippen LogP contribution < -0.4 is 4.90 Å². The van der Waals surface area contributed by atoms with Crippen LogP contribution in [0.4, 0.5) is 5.13 Å². The van der Waals surface area contributed by atoms with Crippen LogP contribution in [0.15, 0.2) is 6.20 Å². The maximum atomic E-state index is 10.8. The van der Waals surface area contributed by atoms with Gasteiger partial charge >= 0.3 is 5.97 Å². The maximum absolute atomic E-state index is 10.8. The third-order valence-corrected chi connectivity index (χ3v) is 3.47. The first-order chi connectivity index (χ1) is 7.66.